The summed E-state index contributed by atoms with van der Waals surface area (Å²) in [5.41, 5.74) is 0.429. The molecular weight excluding hydrogens is 210 g/mol. The number of hydrogen-bond donors (Lipinski definition) is 1. The highest BCUT2D eigenvalue weighted by Gasteiger charge is 2.25. The second-order valence-corrected chi connectivity index (χ2v) is 5.88. The van der Waals surface area contributed by atoms with E-state index in [9.17, 15) is 0 Å². The molecule has 3 heteroatoms. The van der Waals surface area contributed by atoms with Crippen LogP contribution in [0.15, 0.2) is 0 Å². The average Bonchev–Trinajstić information content (AvgIpc) is 2.52. The molecule has 1 N–H and O–H groups in total. The molecule has 0 aromatic rings. The van der Waals surface area contributed by atoms with Crippen LogP contribution in [0.25, 0.3) is 0 Å². The third kappa shape index (κ3) is 5.36. The van der Waals surface area contributed by atoms with Crippen LogP contribution < -0.4 is 5.32 Å². The Labute approximate surface area is 108 Å². The molecule has 0 spiro atoms. The summed E-state index contributed by atoms with van der Waals surface area (Å²) in [5, 5.41) is 3.52. The lowest BCUT2D eigenvalue weighted by Crippen LogP contribution is -2.43. The molecule has 0 saturated carbocycles. The van der Waals surface area contributed by atoms with Crippen LogP contribution in [0.5, 0.6) is 0 Å². The molecule has 1 aliphatic heterocycles. The predicted molar refractivity (Wildman–Crippen MR) is 75.5 cm³/mol. The molecule has 0 aromatic heterocycles. The second-order valence-electron chi connectivity index (χ2n) is 5.88. The zero-order valence-corrected chi connectivity index (χ0v) is 12.3. The maximum absolute atomic E-state index is 3.52. The maximum Gasteiger partial charge on any atom is 0.0109 e. The molecule has 1 heterocycles. The van der Waals surface area contributed by atoms with Crippen molar-refractivity contribution in [2.75, 3.05) is 52.9 Å². The number of nitrogens with one attached hydrogen (secondary N) is 1. The first-order chi connectivity index (χ1) is 8.09. The third-order valence-electron chi connectivity index (χ3n) is 4.07. The lowest BCUT2D eigenvalue weighted by molar-refractivity contribution is 0.159. The van der Waals surface area contributed by atoms with E-state index in [1.54, 1.807) is 0 Å². The van der Waals surface area contributed by atoms with Crippen LogP contribution in [0.3, 0.4) is 0 Å². The number of rotatable bonds is 6. The predicted octanol–water partition coefficient (Wildman–Crippen LogP) is 1.65. The number of likely N-dealkylation sites (N-methyl/N-ethyl adjacent to an activating group) is 1. The van der Waals surface area contributed by atoms with Gasteiger partial charge in [0.25, 0.3) is 0 Å². The summed E-state index contributed by atoms with van der Waals surface area (Å²) in [6, 6.07) is 0. The average molecular weight is 241 g/mol. The smallest absolute Gasteiger partial charge is 0.0109 e. The lowest BCUT2D eigenvalue weighted by Gasteiger charge is -2.34. The van der Waals surface area contributed by atoms with Gasteiger partial charge in [-0.2, -0.15) is 0 Å². The van der Waals surface area contributed by atoms with Crippen LogP contribution >= 0.6 is 0 Å². The molecule has 1 aliphatic rings. The normalized spacial score (nSPS) is 23.3. The van der Waals surface area contributed by atoms with Gasteiger partial charge < -0.3 is 15.1 Å². The topological polar surface area (TPSA) is 18.5 Å². The highest BCUT2D eigenvalue weighted by Crippen LogP contribution is 2.22. The first kappa shape index (κ1) is 14.9. The summed E-state index contributed by atoms with van der Waals surface area (Å²) in [4.78, 5) is 5.11. The quantitative estimate of drug-likeness (QED) is 0.763. The first-order valence-electron chi connectivity index (χ1n) is 7.21. The standard InChI is InChI=1S/C14H31N3/c1-5-14(3,12-15-6-2)13-17-9-7-8-16(4)10-11-17/h15H,5-13H2,1-4H3. The van der Waals surface area contributed by atoms with E-state index in [0.717, 1.165) is 13.1 Å². The zero-order chi connectivity index (χ0) is 12.7. The maximum atomic E-state index is 3.52. The van der Waals surface area contributed by atoms with Gasteiger partial charge in [0.05, 0.1) is 0 Å². The summed E-state index contributed by atoms with van der Waals surface area (Å²) in [6.45, 7) is 15.4. The van der Waals surface area contributed by atoms with Crippen molar-refractivity contribution in [3.8, 4) is 0 Å². The van der Waals surface area contributed by atoms with E-state index >= 15 is 0 Å². The fourth-order valence-corrected chi connectivity index (χ4v) is 2.52. The summed E-state index contributed by atoms with van der Waals surface area (Å²) in [5.74, 6) is 0. The van der Waals surface area contributed by atoms with Gasteiger partial charge in [-0.15, -0.1) is 0 Å². The van der Waals surface area contributed by atoms with Crippen LogP contribution in [0.2, 0.25) is 0 Å². The molecule has 0 amide bonds. The van der Waals surface area contributed by atoms with Gasteiger partial charge in [0.2, 0.25) is 0 Å². The molecule has 102 valence electrons. The zero-order valence-electron chi connectivity index (χ0n) is 12.3. The lowest BCUT2D eigenvalue weighted by atomic mass is 9.86. The molecule has 1 fully saturated rings. The van der Waals surface area contributed by atoms with Crippen molar-refractivity contribution < 1.29 is 0 Å². The number of nitrogens with zero attached hydrogens (tertiary/aromatic N) is 2. The van der Waals surface area contributed by atoms with Crippen LogP contribution in [-0.4, -0.2) is 62.7 Å². The third-order valence-corrected chi connectivity index (χ3v) is 4.07. The fourth-order valence-electron chi connectivity index (χ4n) is 2.52. The Morgan fingerprint density at radius 2 is 1.88 bits per heavy atom. The van der Waals surface area contributed by atoms with Gasteiger partial charge in [-0.1, -0.05) is 20.8 Å². The molecule has 0 bridgehead atoms. The Morgan fingerprint density at radius 3 is 2.53 bits per heavy atom. The number of hydrogen-bond acceptors (Lipinski definition) is 3. The summed E-state index contributed by atoms with van der Waals surface area (Å²) in [6.07, 6.45) is 2.57. The van der Waals surface area contributed by atoms with Gasteiger partial charge in [-0.05, 0) is 44.9 Å². The van der Waals surface area contributed by atoms with E-state index in [-0.39, 0.29) is 0 Å². The van der Waals surface area contributed by atoms with Crippen molar-refractivity contribution in [3.05, 3.63) is 0 Å². The van der Waals surface area contributed by atoms with E-state index < -0.39 is 0 Å². The van der Waals surface area contributed by atoms with Crippen molar-refractivity contribution in [3.63, 3.8) is 0 Å². The fraction of sp³-hybridized carbons (Fsp3) is 1.00. The van der Waals surface area contributed by atoms with E-state index in [2.05, 4.69) is 42.9 Å². The Bertz CT molecular complexity index is 208. The minimum atomic E-state index is 0.429. The Kier molecular flexibility index (Phi) is 6.45. The molecule has 17 heavy (non-hydrogen) atoms. The summed E-state index contributed by atoms with van der Waals surface area (Å²) >= 11 is 0. The van der Waals surface area contributed by atoms with Crippen LogP contribution in [-0.2, 0) is 0 Å². The largest absolute Gasteiger partial charge is 0.316 e. The molecule has 1 atom stereocenters. The van der Waals surface area contributed by atoms with Crippen molar-refractivity contribution in [1.29, 1.82) is 0 Å². The van der Waals surface area contributed by atoms with Gasteiger partial charge in [-0.3, -0.25) is 0 Å². The van der Waals surface area contributed by atoms with Gasteiger partial charge in [0.15, 0.2) is 0 Å². The molecule has 3 nitrogen and oxygen atoms in total. The molecule has 0 aliphatic carbocycles. The SMILES string of the molecule is CCNCC(C)(CC)CN1CCCN(C)CC1. The van der Waals surface area contributed by atoms with Crippen LogP contribution in [0.1, 0.15) is 33.6 Å². The van der Waals surface area contributed by atoms with Crippen molar-refractivity contribution >= 4 is 0 Å². The first-order valence-corrected chi connectivity index (χ1v) is 7.21. The minimum absolute atomic E-state index is 0.429. The molecule has 0 radical (unpaired) electrons. The molecular formula is C14H31N3. The Morgan fingerprint density at radius 1 is 1.12 bits per heavy atom. The second kappa shape index (κ2) is 7.34. The highest BCUT2D eigenvalue weighted by atomic mass is 15.2. The minimum Gasteiger partial charge on any atom is -0.316 e. The Hall–Kier alpha value is -0.120. The van der Waals surface area contributed by atoms with E-state index in [0.29, 0.717) is 5.41 Å². The van der Waals surface area contributed by atoms with Crippen LogP contribution in [0.4, 0.5) is 0 Å². The van der Waals surface area contributed by atoms with Gasteiger partial charge in [-0.25, -0.2) is 0 Å². The van der Waals surface area contributed by atoms with Crippen molar-refractivity contribution in [2.45, 2.75) is 33.6 Å². The van der Waals surface area contributed by atoms with Crippen molar-refractivity contribution in [1.82, 2.24) is 15.1 Å². The van der Waals surface area contributed by atoms with Crippen molar-refractivity contribution in [2.24, 2.45) is 5.41 Å². The summed E-state index contributed by atoms with van der Waals surface area (Å²) in [7, 11) is 2.24. The van der Waals surface area contributed by atoms with Crippen LogP contribution in [0, 0.1) is 5.41 Å². The Balaban J connectivity index is 2.43. The van der Waals surface area contributed by atoms with E-state index in [1.807, 2.05) is 0 Å². The molecule has 0 aromatic carbocycles. The van der Waals surface area contributed by atoms with E-state index in [1.165, 1.54) is 45.6 Å². The highest BCUT2D eigenvalue weighted by molar-refractivity contribution is 4.81. The van der Waals surface area contributed by atoms with E-state index in [4.69, 9.17) is 0 Å². The molecule has 1 rings (SSSR count). The molecule has 1 saturated heterocycles. The van der Waals surface area contributed by atoms with Gasteiger partial charge in [0, 0.05) is 26.2 Å². The summed E-state index contributed by atoms with van der Waals surface area (Å²) < 4.78 is 0. The van der Waals surface area contributed by atoms with Gasteiger partial charge in [0.1, 0.15) is 0 Å². The molecule has 1 unspecified atom stereocenters. The monoisotopic (exact) mass is 241 g/mol. The van der Waals surface area contributed by atoms with Gasteiger partial charge >= 0.3 is 0 Å².